The van der Waals surface area contributed by atoms with Crippen LogP contribution in [0, 0.1) is 6.92 Å². The topological polar surface area (TPSA) is 20.3 Å². The highest BCUT2D eigenvalue weighted by Gasteiger charge is 2.13. The fourth-order valence-corrected chi connectivity index (χ4v) is 2.58. The van der Waals surface area contributed by atoms with Gasteiger partial charge in [-0.15, -0.1) is 0 Å². The Hall–Kier alpha value is -0.350. The molecule has 1 atom stereocenters. The van der Waals surface area contributed by atoms with Gasteiger partial charge in [0.05, 0.1) is 0 Å². The van der Waals surface area contributed by atoms with Crippen molar-refractivity contribution in [3.05, 3.63) is 33.8 Å². The summed E-state index contributed by atoms with van der Waals surface area (Å²) in [4.78, 5) is 14.1. The van der Waals surface area contributed by atoms with Gasteiger partial charge in [0, 0.05) is 28.5 Å². The molecular formula is C12H15Br2NO. The average molecular weight is 349 g/mol. The van der Waals surface area contributed by atoms with Crippen LogP contribution in [-0.2, 0) is 0 Å². The highest BCUT2D eigenvalue weighted by Crippen LogP contribution is 2.16. The van der Waals surface area contributed by atoms with Gasteiger partial charge in [0.15, 0.2) is 0 Å². The van der Waals surface area contributed by atoms with Crippen LogP contribution >= 0.6 is 31.9 Å². The molecule has 0 aliphatic carbocycles. The van der Waals surface area contributed by atoms with Crippen molar-refractivity contribution >= 4 is 37.8 Å². The number of carbonyl (C=O) groups is 1. The number of amides is 1. The molecule has 2 nitrogen and oxygen atoms in total. The van der Waals surface area contributed by atoms with E-state index in [2.05, 4.69) is 31.9 Å². The minimum absolute atomic E-state index is 0.0516. The molecule has 0 aliphatic heterocycles. The number of hydrogen-bond donors (Lipinski definition) is 0. The van der Waals surface area contributed by atoms with E-state index in [1.165, 1.54) is 0 Å². The normalized spacial score (nSPS) is 12.3. The lowest BCUT2D eigenvalue weighted by Crippen LogP contribution is -2.31. The lowest BCUT2D eigenvalue weighted by atomic mass is 10.1. The van der Waals surface area contributed by atoms with Crippen molar-refractivity contribution in [2.75, 3.05) is 13.6 Å². The first-order chi connectivity index (χ1) is 7.40. The van der Waals surface area contributed by atoms with Gasteiger partial charge in [0.2, 0.25) is 0 Å². The van der Waals surface area contributed by atoms with Crippen molar-refractivity contribution in [2.24, 2.45) is 0 Å². The van der Waals surface area contributed by atoms with Crippen molar-refractivity contribution < 1.29 is 4.79 Å². The lowest BCUT2D eigenvalue weighted by Gasteiger charge is -2.19. The van der Waals surface area contributed by atoms with Crippen molar-refractivity contribution in [2.45, 2.75) is 18.7 Å². The maximum atomic E-state index is 12.1. The van der Waals surface area contributed by atoms with Crippen molar-refractivity contribution in [3.63, 3.8) is 0 Å². The van der Waals surface area contributed by atoms with Crippen LogP contribution in [-0.4, -0.2) is 29.2 Å². The predicted octanol–water partition coefficient (Wildman–Crippen LogP) is 3.61. The minimum Gasteiger partial charge on any atom is -0.341 e. The first-order valence-corrected chi connectivity index (χ1v) is 6.77. The summed E-state index contributed by atoms with van der Waals surface area (Å²) in [6.07, 6.45) is 0. The highest BCUT2D eigenvalue weighted by atomic mass is 79.9. The summed E-state index contributed by atoms with van der Waals surface area (Å²) in [6, 6.07) is 5.75. The van der Waals surface area contributed by atoms with Crippen LogP contribution in [0.25, 0.3) is 0 Å². The van der Waals surface area contributed by atoms with Gasteiger partial charge in [0.25, 0.3) is 5.91 Å². The molecule has 0 N–H and O–H groups in total. The molecule has 16 heavy (non-hydrogen) atoms. The Labute approximate surface area is 113 Å². The number of rotatable bonds is 3. The third kappa shape index (κ3) is 3.91. The molecule has 0 heterocycles. The molecule has 0 saturated heterocycles. The maximum absolute atomic E-state index is 12.1. The van der Waals surface area contributed by atoms with E-state index in [4.69, 9.17) is 0 Å². The molecule has 0 fully saturated rings. The molecule has 0 spiro atoms. The molecule has 1 aromatic rings. The van der Waals surface area contributed by atoms with E-state index in [0.29, 0.717) is 11.4 Å². The number of halogens is 2. The SMILES string of the molecule is Cc1cc(Br)cc(C(=O)N(C)CC(C)Br)c1. The Morgan fingerprint density at radius 3 is 2.56 bits per heavy atom. The summed E-state index contributed by atoms with van der Waals surface area (Å²) in [5, 5.41) is 0. The van der Waals surface area contributed by atoms with Crippen LogP contribution < -0.4 is 0 Å². The Morgan fingerprint density at radius 2 is 2.06 bits per heavy atom. The molecule has 1 unspecified atom stereocenters. The van der Waals surface area contributed by atoms with E-state index in [9.17, 15) is 4.79 Å². The largest absolute Gasteiger partial charge is 0.341 e. The lowest BCUT2D eigenvalue weighted by molar-refractivity contribution is 0.0797. The van der Waals surface area contributed by atoms with Crippen LogP contribution in [0.4, 0.5) is 0 Å². The van der Waals surface area contributed by atoms with E-state index in [0.717, 1.165) is 15.6 Å². The zero-order valence-corrected chi connectivity index (χ0v) is 12.8. The summed E-state index contributed by atoms with van der Waals surface area (Å²) in [6.45, 7) is 4.70. The maximum Gasteiger partial charge on any atom is 0.253 e. The van der Waals surface area contributed by atoms with Gasteiger partial charge < -0.3 is 4.90 Å². The Kier molecular flexibility index (Phi) is 4.99. The molecule has 0 aliphatic rings. The van der Waals surface area contributed by atoms with Gasteiger partial charge in [-0.3, -0.25) is 4.79 Å². The fraction of sp³-hybridized carbons (Fsp3) is 0.417. The molecule has 88 valence electrons. The van der Waals surface area contributed by atoms with E-state index in [1.54, 1.807) is 4.90 Å². The molecule has 0 bridgehead atoms. The smallest absolute Gasteiger partial charge is 0.253 e. The Balaban J connectivity index is 2.87. The fourth-order valence-electron chi connectivity index (χ4n) is 1.54. The number of hydrogen-bond acceptors (Lipinski definition) is 1. The molecular weight excluding hydrogens is 334 g/mol. The zero-order valence-electron chi connectivity index (χ0n) is 9.63. The number of carbonyl (C=O) groups excluding carboxylic acids is 1. The molecule has 0 aromatic heterocycles. The third-order valence-electron chi connectivity index (χ3n) is 2.16. The number of alkyl halides is 1. The number of benzene rings is 1. The average Bonchev–Trinajstić information content (AvgIpc) is 2.13. The second-order valence-corrected chi connectivity index (χ2v) is 6.46. The van der Waals surface area contributed by atoms with Crippen molar-refractivity contribution in [1.82, 2.24) is 4.90 Å². The molecule has 0 radical (unpaired) electrons. The van der Waals surface area contributed by atoms with Crippen LogP contribution in [0.3, 0.4) is 0 Å². The van der Waals surface area contributed by atoms with E-state index >= 15 is 0 Å². The van der Waals surface area contributed by atoms with Crippen molar-refractivity contribution in [3.8, 4) is 0 Å². The first-order valence-electron chi connectivity index (χ1n) is 5.07. The second-order valence-electron chi connectivity index (χ2n) is 3.98. The van der Waals surface area contributed by atoms with E-state index in [1.807, 2.05) is 39.1 Å². The Morgan fingerprint density at radius 1 is 1.44 bits per heavy atom. The standard InChI is InChI=1S/C12H15Br2NO/c1-8-4-10(6-11(14)5-8)12(16)15(3)7-9(2)13/h4-6,9H,7H2,1-3H3. The van der Waals surface area contributed by atoms with Gasteiger partial charge in [-0.25, -0.2) is 0 Å². The predicted molar refractivity (Wildman–Crippen MR) is 74.2 cm³/mol. The van der Waals surface area contributed by atoms with Gasteiger partial charge in [0.1, 0.15) is 0 Å². The molecule has 1 amide bonds. The van der Waals surface area contributed by atoms with Gasteiger partial charge in [-0.2, -0.15) is 0 Å². The summed E-state index contributed by atoms with van der Waals surface area (Å²) >= 11 is 6.84. The van der Waals surface area contributed by atoms with Crippen LogP contribution in [0.2, 0.25) is 0 Å². The van der Waals surface area contributed by atoms with E-state index in [-0.39, 0.29) is 5.91 Å². The minimum atomic E-state index is 0.0516. The summed E-state index contributed by atoms with van der Waals surface area (Å²) in [5.74, 6) is 0.0516. The molecule has 4 heteroatoms. The van der Waals surface area contributed by atoms with E-state index < -0.39 is 0 Å². The number of nitrogens with zero attached hydrogens (tertiary/aromatic N) is 1. The van der Waals surface area contributed by atoms with Gasteiger partial charge in [-0.1, -0.05) is 38.8 Å². The summed E-state index contributed by atoms with van der Waals surface area (Å²) in [7, 11) is 1.82. The molecule has 1 rings (SSSR count). The van der Waals surface area contributed by atoms with Crippen LogP contribution in [0.5, 0.6) is 0 Å². The summed E-state index contributed by atoms with van der Waals surface area (Å²) in [5.41, 5.74) is 1.81. The van der Waals surface area contributed by atoms with Gasteiger partial charge >= 0.3 is 0 Å². The molecule has 1 aromatic carbocycles. The first kappa shape index (κ1) is 13.7. The highest BCUT2D eigenvalue weighted by molar-refractivity contribution is 9.10. The number of aryl methyl sites for hydroxylation is 1. The van der Waals surface area contributed by atoms with Crippen LogP contribution in [0.1, 0.15) is 22.8 Å². The summed E-state index contributed by atoms with van der Waals surface area (Å²) < 4.78 is 0.941. The van der Waals surface area contributed by atoms with Crippen LogP contribution in [0.15, 0.2) is 22.7 Å². The second kappa shape index (κ2) is 5.82. The quantitative estimate of drug-likeness (QED) is 0.764. The third-order valence-corrected chi connectivity index (χ3v) is 2.91. The van der Waals surface area contributed by atoms with Crippen molar-refractivity contribution in [1.29, 1.82) is 0 Å². The monoisotopic (exact) mass is 347 g/mol. The molecule has 0 saturated carbocycles. The zero-order chi connectivity index (χ0) is 12.3. The Bertz CT molecular complexity index is 370. The van der Waals surface area contributed by atoms with Gasteiger partial charge in [-0.05, 0) is 30.7 Å².